The van der Waals surface area contributed by atoms with E-state index in [-0.39, 0.29) is 41.2 Å². The third kappa shape index (κ3) is 14.5. The molecule has 9 nitrogen and oxygen atoms in total. The number of aromatic hydroxyl groups is 1. The lowest BCUT2D eigenvalue weighted by Gasteiger charge is -2.17. The third-order valence-corrected chi connectivity index (χ3v) is 9.28. The van der Waals surface area contributed by atoms with Crippen molar-refractivity contribution in [2.45, 2.75) is 83.4 Å². The van der Waals surface area contributed by atoms with Crippen LogP contribution in [0.4, 0.5) is 0 Å². The van der Waals surface area contributed by atoms with E-state index in [4.69, 9.17) is 4.74 Å². The summed E-state index contributed by atoms with van der Waals surface area (Å²) < 4.78 is 5.15. The van der Waals surface area contributed by atoms with Gasteiger partial charge in [0.25, 0.3) is 0 Å². The van der Waals surface area contributed by atoms with Gasteiger partial charge in [0.05, 0.1) is 11.9 Å². The molecule has 2 rings (SSSR count). The average Bonchev–Trinajstić information content (AvgIpc) is 2.99. The van der Waals surface area contributed by atoms with Crippen LogP contribution in [0.15, 0.2) is 48.5 Å². The number of Topliss-reactive ketones (excluding diaryl/α,β-unsaturated/α-hetero) is 5. The number of phenols is 1. The van der Waals surface area contributed by atoms with E-state index < -0.39 is 29.7 Å². The van der Waals surface area contributed by atoms with E-state index in [9.17, 15) is 33.9 Å². The van der Waals surface area contributed by atoms with Crippen molar-refractivity contribution in [3.63, 3.8) is 0 Å². The smallest absolute Gasteiger partial charge is 0.328 e. The maximum Gasteiger partial charge on any atom is 0.328 e. The molecule has 2 aromatic carbocycles. The molecule has 2 atom stereocenters. The molecular weight excluding hydrogens is 602 g/mol. The van der Waals surface area contributed by atoms with Crippen LogP contribution in [0.3, 0.4) is 0 Å². The number of phenolic OH excluding ortho intramolecular Hbond substituents is 1. The molecule has 0 saturated heterocycles. The molecule has 0 amide bonds. The first-order valence-corrected chi connectivity index (χ1v) is 17.0. The molecule has 0 heterocycles. The molecule has 0 aliphatic heterocycles. The van der Waals surface area contributed by atoms with Crippen molar-refractivity contribution in [2.75, 3.05) is 12.5 Å². The number of carbonyl (C=O) groups is 6. The Bertz CT molecular complexity index is 1280. The normalized spacial score (nSPS) is 12.2. The standard InChI is InChI=1S/C33H41NO8S2/c1-4-27(37)6-5-7-28(38)15-12-24-8-10-25(11-9-24)18-30(40)20-42-33(41)32(23(3)36)44-43-21-34-31(22(2)35)19-26-13-16-29(39)17-14-26/h8-11,13-14,16-17,31-32,34,39H,4-7,12,15,18-21H2,1-3H3/t31-,32?/m0/s1. The first-order chi connectivity index (χ1) is 21.0. The maximum atomic E-state index is 12.6. The van der Waals surface area contributed by atoms with Gasteiger partial charge in [-0.25, -0.2) is 0 Å². The Morgan fingerprint density at radius 1 is 0.795 bits per heavy atom. The third-order valence-electron chi connectivity index (χ3n) is 6.80. The fourth-order valence-corrected chi connectivity index (χ4v) is 6.35. The minimum absolute atomic E-state index is 0.0575. The Balaban J connectivity index is 1.72. The van der Waals surface area contributed by atoms with Gasteiger partial charge < -0.3 is 9.84 Å². The SMILES string of the molecule is CCC(=O)CCCC(=O)CCc1ccc(CC(=O)COC(=O)C(SSCN[C@@H](Cc2ccc(O)cc2)C(C)=O)C(C)=O)cc1. The molecule has 0 saturated carbocycles. The monoisotopic (exact) mass is 643 g/mol. The Morgan fingerprint density at radius 2 is 1.41 bits per heavy atom. The van der Waals surface area contributed by atoms with Crippen molar-refractivity contribution in [1.82, 2.24) is 5.32 Å². The van der Waals surface area contributed by atoms with Crippen LogP contribution in [0.25, 0.3) is 0 Å². The van der Waals surface area contributed by atoms with Crippen molar-refractivity contribution in [1.29, 1.82) is 0 Å². The second-order valence-corrected chi connectivity index (χ2v) is 13.0. The fraction of sp³-hybridized carbons (Fsp3) is 0.455. The van der Waals surface area contributed by atoms with E-state index in [1.165, 1.54) is 24.6 Å². The molecule has 2 N–H and O–H groups in total. The number of aryl methyl sites for hydroxylation is 1. The molecule has 0 radical (unpaired) electrons. The molecule has 238 valence electrons. The second kappa shape index (κ2) is 19.9. The lowest BCUT2D eigenvalue weighted by atomic mass is 10.0. The Morgan fingerprint density at radius 3 is 2.02 bits per heavy atom. The summed E-state index contributed by atoms with van der Waals surface area (Å²) in [6, 6.07) is 13.4. The highest BCUT2D eigenvalue weighted by Gasteiger charge is 2.27. The first kappa shape index (κ1) is 36.9. The molecule has 2 aromatic rings. The zero-order chi connectivity index (χ0) is 32.5. The number of nitrogens with one attached hydrogen (secondary N) is 1. The Kier molecular flexibility index (Phi) is 16.7. The summed E-state index contributed by atoms with van der Waals surface area (Å²) in [7, 11) is 2.20. The van der Waals surface area contributed by atoms with Gasteiger partial charge in [-0.2, -0.15) is 0 Å². The lowest BCUT2D eigenvalue weighted by molar-refractivity contribution is -0.148. The number of carbonyl (C=O) groups excluding carboxylic acids is 6. The summed E-state index contributed by atoms with van der Waals surface area (Å²) in [5.74, 6) is -0.871. The predicted molar refractivity (Wildman–Crippen MR) is 173 cm³/mol. The van der Waals surface area contributed by atoms with E-state index in [0.29, 0.717) is 44.9 Å². The highest BCUT2D eigenvalue weighted by Crippen LogP contribution is 2.28. The van der Waals surface area contributed by atoms with Crippen LogP contribution in [0.1, 0.15) is 69.6 Å². The van der Waals surface area contributed by atoms with Crippen LogP contribution >= 0.6 is 21.6 Å². The Labute approximate surface area is 266 Å². The molecule has 0 bridgehead atoms. The lowest BCUT2D eigenvalue weighted by Crippen LogP contribution is -2.37. The van der Waals surface area contributed by atoms with E-state index in [2.05, 4.69) is 5.32 Å². The molecule has 0 aliphatic rings. The quantitative estimate of drug-likeness (QED) is 0.0601. The average molecular weight is 644 g/mol. The molecule has 0 spiro atoms. The summed E-state index contributed by atoms with van der Waals surface area (Å²) in [4.78, 5) is 72.6. The highest BCUT2D eigenvalue weighted by atomic mass is 33.1. The van der Waals surface area contributed by atoms with Gasteiger partial charge in [0.15, 0.2) is 16.8 Å². The van der Waals surface area contributed by atoms with Crippen molar-refractivity contribution in [3.05, 3.63) is 65.2 Å². The van der Waals surface area contributed by atoms with Gasteiger partial charge in [0.1, 0.15) is 29.7 Å². The van der Waals surface area contributed by atoms with Crippen LogP contribution in [-0.4, -0.2) is 63.8 Å². The maximum absolute atomic E-state index is 12.6. The summed E-state index contributed by atoms with van der Waals surface area (Å²) in [5, 5.41) is 11.4. The van der Waals surface area contributed by atoms with Gasteiger partial charge in [-0.3, -0.25) is 34.1 Å². The largest absolute Gasteiger partial charge is 0.508 e. The fourth-order valence-electron chi connectivity index (χ4n) is 4.14. The summed E-state index contributed by atoms with van der Waals surface area (Å²) in [6.07, 6.45) is 3.39. The summed E-state index contributed by atoms with van der Waals surface area (Å²) in [5.41, 5.74) is 2.58. The number of hydrogen-bond acceptors (Lipinski definition) is 11. The van der Waals surface area contributed by atoms with Crippen LogP contribution < -0.4 is 5.32 Å². The van der Waals surface area contributed by atoms with E-state index in [1.807, 2.05) is 19.1 Å². The Hall–Kier alpha value is -3.28. The van der Waals surface area contributed by atoms with Crippen LogP contribution in [0.5, 0.6) is 5.75 Å². The minimum atomic E-state index is -1.11. The van der Waals surface area contributed by atoms with Gasteiger partial charge >= 0.3 is 5.97 Å². The van der Waals surface area contributed by atoms with Crippen LogP contribution in [0.2, 0.25) is 0 Å². The minimum Gasteiger partial charge on any atom is -0.508 e. The molecular formula is C33H41NO8S2. The molecule has 44 heavy (non-hydrogen) atoms. The zero-order valence-corrected chi connectivity index (χ0v) is 27.1. The van der Waals surface area contributed by atoms with Crippen LogP contribution in [0, 0.1) is 0 Å². The van der Waals surface area contributed by atoms with E-state index in [0.717, 1.165) is 27.5 Å². The van der Waals surface area contributed by atoms with Crippen molar-refractivity contribution in [2.24, 2.45) is 0 Å². The van der Waals surface area contributed by atoms with Gasteiger partial charge in [-0.1, -0.05) is 64.9 Å². The number of benzene rings is 2. The molecule has 0 aromatic heterocycles. The van der Waals surface area contributed by atoms with Crippen molar-refractivity contribution in [3.8, 4) is 5.75 Å². The molecule has 0 aliphatic carbocycles. The van der Waals surface area contributed by atoms with Gasteiger partial charge in [0, 0.05) is 32.1 Å². The molecule has 11 heteroatoms. The van der Waals surface area contributed by atoms with Gasteiger partial charge in [0.2, 0.25) is 0 Å². The zero-order valence-electron chi connectivity index (χ0n) is 25.5. The topological polar surface area (TPSA) is 144 Å². The van der Waals surface area contributed by atoms with E-state index >= 15 is 0 Å². The molecule has 1 unspecified atom stereocenters. The number of esters is 1. The summed E-state index contributed by atoms with van der Waals surface area (Å²) >= 11 is 0. The number of rotatable bonds is 22. The van der Waals surface area contributed by atoms with Crippen molar-refractivity contribution >= 4 is 56.5 Å². The summed E-state index contributed by atoms with van der Waals surface area (Å²) in [6.45, 7) is 4.11. The molecule has 0 fully saturated rings. The van der Waals surface area contributed by atoms with Gasteiger partial charge in [-0.05, 0) is 61.9 Å². The first-order valence-electron chi connectivity index (χ1n) is 14.6. The number of ketones is 5. The predicted octanol–water partition coefficient (Wildman–Crippen LogP) is 4.78. The second-order valence-electron chi connectivity index (χ2n) is 10.5. The number of ether oxygens (including phenoxy) is 1. The van der Waals surface area contributed by atoms with Crippen LogP contribution in [-0.2, 0) is 52.8 Å². The highest BCUT2D eigenvalue weighted by molar-refractivity contribution is 8.77. The van der Waals surface area contributed by atoms with Gasteiger partial charge in [-0.15, -0.1) is 0 Å². The number of hydrogen-bond donors (Lipinski definition) is 2. The van der Waals surface area contributed by atoms with Crippen molar-refractivity contribution < 1.29 is 38.6 Å². The van der Waals surface area contributed by atoms with E-state index in [1.54, 1.807) is 36.4 Å².